The van der Waals surface area contributed by atoms with Gasteiger partial charge in [-0.2, -0.15) is 0 Å². The van der Waals surface area contributed by atoms with Gasteiger partial charge in [-0.25, -0.2) is 0 Å². The van der Waals surface area contributed by atoms with E-state index in [9.17, 15) is 19.2 Å². The molecule has 2 unspecified atom stereocenters. The number of cyclic esters (lactones) is 2. The molecular formula is C28H32O8. The predicted molar refractivity (Wildman–Crippen MR) is 124 cm³/mol. The van der Waals surface area contributed by atoms with Crippen LogP contribution in [0.15, 0.2) is 34.7 Å². The lowest BCUT2D eigenvalue weighted by atomic mass is 9.40. The zero-order valence-electron chi connectivity index (χ0n) is 21.1. The van der Waals surface area contributed by atoms with Gasteiger partial charge < -0.3 is 18.6 Å². The van der Waals surface area contributed by atoms with Gasteiger partial charge in [0.15, 0.2) is 0 Å². The highest BCUT2D eigenvalue weighted by Crippen LogP contribution is 2.68. The van der Waals surface area contributed by atoms with Crippen LogP contribution < -0.4 is 0 Å². The first kappa shape index (κ1) is 23.5. The number of esters is 3. The van der Waals surface area contributed by atoms with Crippen LogP contribution in [0, 0.1) is 39.9 Å². The quantitative estimate of drug-likeness (QED) is 0.344. The van der Waals surface area contributed by atoms with E-state index in [0.717, 1.165) is 24.0 Å². The maximum absolute atomic E-state index is 14.1. The van der Waals surface area contributed by atoms with Crippen LogP contribution in [0.25, 0.3) is 0 Å². The Kier molecular flexibility index (Phi) is 4.93. The van der Waals surface area contributed by atoms with Crippen LogP contribution in [0.5, 0.6) is 0 Å². The molecule has 36 heavy (non-hydrogen) atoms. The second-order valence-electron chi connectivity index (χ2n) is 12.1. The number of allylic oxidation sites excluding steroid dienone is 1. The third kappa shape index (κ3) is 2.93. The van der Waals surface area contributed by atoms with Gasteiger partial charge in [-0.15, -0.1) is 0 Å². The van der Waals surface area contributed by atoms with Crippen LogP contribution >= 0.6 is 0 Å². The third-order valence-electron chi connectivity index (χ3n) is 10.3. The van der Waals surface area contributed by atoms with E-state index in [0.29, 0.717) is 0 Å². The van der Waals surface area contributed by atoms with Crippen molar-refractivity contribution in [2.24, 2.45) is 39.9 Å². The van der Waals surface area contributed by atoms with Crippen molar-refractivity contribution in [2.45, 2.75) is 65.6 Å². The first-order chi connectivity index (χ1) is 17.0. The summed E-state index contributed by atoms with van der Waals surface area (Å²) in [4.78, 5) is 51.7. The summed E-state index contributed by atoms with van der Waals surface area (Å²) in [5, 5.41) is 0. The fourth-order valence-electron chi connectivity index (χ4n) is 8.54. The molecule has 2 saturated carbocycles. The Bertz CT molecular complexity index is 1180. The van der Waals surface area contributed by atoms with Crippen molar-refractivity contribution in [3.8, 4) is 0 Å². The van der Waals surface area contributed by atoms with E-state index in [-0.39, 0.29) is 60.3 Å². The predicted octanol–water partition coefficient (Wildman–Crippen LogP) is 3.95. The lowest BCUT2D eigenvalue weighted by Crippen LogP contribution is -2.69. The number of Topliss-reactive ketones (excluding diaryl/α,β-unsaturated/α-hetero) is 1. The minimum atomic E-state index is -0.826. The molecule has 0 N–H and O–H groups in total. The van der Waals surface area contributed by atoms with Crippen molar-refractivity contribution in [2.75, 3.05) is 6.61 Å². The molecule has 6 rings (SSSR count). The third-order valence-corrected chi connectivity index (χ3v) is 10.3. The minimum Gasteiger partial charge on any atom is -0.472 e. The fraction of sp³-hybridized carbons (Fsp3) is 0.643. The van der Waals surface area contributed by atoms with Gasteiger partial charge in [0.1, 0.15) is 24.6 Å². The molecular weight excluding hydrogens is 464 g/mol. The zero-order valence-corrected chi connectivity index (χ0v) is 21.1. The summed E-state index contributed by atoms with van der Waals surface area (Å²) in [6.07, 6.45) is 5.84. The smallest absolute Gasteiger partial charge is 0.307 e. The first-order valence-corrected chi connectivity index (χ1v) is 12.8. The van der Waals surface area contributed by atoms with Crippen LogP contribution in [-0.2, 0) is 33.4 Å². The number of carbonyl (C=O) groups is 4. The molecule has 1 aromatic heterocycles. The number of furan rings is 1. The van der Waals surface area contributed by atoms with Crippen molar-refractivity contribution >= 4 is 23.7 Å². The van der Waals surface area contributed by atoms with Gasteiger partial charge in [0.05, 0.1) is 31.3 Å². The number of ether oxygens (including phenoxy) is 3. The van der Waals surface area contributed by atoms with E-state index in [1.54, 1.807) is 12.5 Å². The average molecular weight is 497 g/mol. The molecule has 0 spiro atoms. The second-order valence-corrected chi connectivity index (χ2v) is 12.1. The van der Waals surface area contributed by atoms with Crippen LogP contribution in [0.3, 0.4) is 0 Å². The fourth-order valence-corrected chi connectivity index (χ4v) is 8.54. The zero-order chi connectivity index (χ0) is 25.6. The Balaban J connectivity index is 1.51. The summed E-state index contributed by atoms with van der Waals surface area (Å²) < 4.78 is 22.5. The second kappa shape index (κ2) is 7.56. The summed E-state index contributed by atoms with van der Waals surface area (Å²) in [7, 11) is 0. The number of fused-ring (bicyclic) bond motifs is 8. The Labute approximate surface area is 209 Å². The Morgan fingerprint density at radius 3 is 2.53 bits per heavy atom. The molecule has 9 atom stereocenters. The SMILES string of the molecule is CC(=O)O[C@H]1[C@@H]2C=C3C4CC(=O)O[C@@H](c5ccoc5)[C@]4(C)CC[C@H]3[C@@](C)(C2=O)C2CC(=O)OC[C@]21C. The Hall–Kier alpha value is -2.90. The number of hydrogen-bond donors (Lipinski definition) is 0. The van der Waals surface area contributed by atoms with Gasteiger partial charge in [0.25, 0.3) is 0 Å². The van der Waals surface area contributed by atoms with Gasteiger partial charge in [0, 0.05) is 28.7 Å². The van der Waals surface area contributed by atoms with Crippen molar-refractivity contribution < 1.29 is 37.8 Å². The number of rotatable bonds is 2. The monoisotopic (exact) mass is 496 g/mol. The molecule has 8 heteroatoms. The molecule has 8 nitrogen and oxygen atoms in total. The van der Waals surface area contributed by atoms with E-state index in [2.05, 4.69) is 6.92 Å². The number of hydrogen-bond acceptors (Lipinski definition) is 8. The molecule has 0 aromatic carbocycles. The van der Waals surface area contributed by atoms with E-state index in [4.69, 9.17) is 18.6 Å². The van der Waals surface area contributed by atoms with E-state index >= 15 is 0 Å². The van der Waals surface area contributed by atoms with Crippen LogP contribution in [0.2, 0.25) is 0 Å². The van der Waals surface area contributed by atoms with Crippen molar-refractivity contribution in [3.63, 3.8) is 0 Å². The van der Waals surface area contributed by atoms with Crippen LogP contribution in [0.4, 0.5) is 0 Å². The summed E-state index contributed by atoms with van der Waals surface area (Å²) in [6, 6.07) is 1.84. The van der Waals surface area contributed by atoms with E-state index in [1.165, 1.54) is 6.92 Å². The van der Waals surface area contributed by atoms with Crippen LogP contribution in [0.1, 0.15) is 65.0 Å². The maximum atomic E-state index is 14.1. The maximum Gasteiger partial charge on any atom is 0.307 e. The summed E-state index contributed by atoms with van der Waals surface area (Å²) in [5.41, 5.74) is 0.0116. The highest BCUT2D eigenvalue weighted by Gasteiger charge is 2.71. The summed E-state index contributed by atoms with van der Waals surface area (Å²) in [6.45, 7) is 7.57. The van der Waals surface area contributed by atoms with Gasteiger partial charge in [-0.1, -0.05) is 32.4 Å². The topological polar surface area (TPSA) is 109 Å². The molecule has 3 aliphatic carbocycles. The van der Waals surface area contributed by atoms with Crippen molar-refractivity contribution in [1.29, 1.82) is 0 Å². The van der Waals surface area contributed by atoms with Crippen molar-refractivity contribution in [1.82, 2.24) is 0 Å². The lowest BCUT2D eigenvalue weighted by Gasteiger charge is -2.64. The molecule has 0 radical (unpaired) electrons. The van der Waals surface area contributed by atoms with Crippen molar-refractivity contribution in [3.05, 3.63) is 35.8 Å². The molecule has 1 aromatic rings. The largest absolute Gasteiger partial charge is 0.472 e. The van der Waals surface area contributed by atoms with Gasteiger partial charge in [-0.05, 0) is 36.7 Å². The molecule has 2 aliphatic heterocycles. The van der Waals surface area contributed by atoms with E-state index in [1.807, 2.05) is 26.0 Å². The number of ketones is 1. The Morgan fingerprint density at radius 1 is 1.06 bits per heavy atom. The van der Waals surface area contributed by atoms with Gasteiger partial charge in [-0.3, -0.25) is 19.2 Å². The summed E-state index contributed by atoms with van der Waals surface area (Å²) >= 11 is 0. The molecule has 0 amide bonds. The average Bonchev–Trinajstić information content (AvgIpc) is 3.35. The van der Waals surface area contributed by atoms with E-state index < -0.39 is 34.9 Å². The molecule has 5 aliphatic rings. The molecule has 4 fully saturated rings. The summed E-state index contributed by atoms with van der Waals surface area (Å²) in [5.74, 6) is -2.29. The normalized spacial score (nSPS) is 45.3. The minimum absolute atomic E-state index is 0.0213. The van der Waals surface area contributed by atoms with Gasteiger partial charge >= 0.3 is 17.9 Å². The van der Waals surface area contributed by atoms with Crippen LogP contribution in [-0.4, -0.2) is 36.4 Å². The number of carbonyl (C=O) groups excluding carboxylic acids is 4. The first-order valence-electron chi connectivity index (χ1n) is 12.8. The Morgan fingerprint density at radius 2 is 1.83 bits per heavy atom. The lowest BCUT2D eigenvalue weighted by molar-refractivity contribution is -0.218. The molecule has 3 heterocycles. The highest BCUT2D eigenvalue weighted by atomic mass is 16.6. The van der Waals surface area contributed by atoms with Gasteiger partial charge in [0.2, 0.25) is 0 Å². The molecule has 2 saturated heterocycles. The molecule has 2 bridgehead atoms. The highest BCUT2D eigenvalue weighted by molar-refractivity contribution is 5.94. The molecule has 192 valence electrons. The standard InChI is InChI=1S/C28H32O8/c1-14(29)35-25-17-9-16-18(28(4,23(17)32)20-11-21(30)34-13-27(20,25)3)5-7-26(2)19(16)10-22(31)36-24(26)15-6-8-33-12-15/h6,8-9,12,17-20,24-25H,5,7,10-11,13H2,1-4H3/t17-,18-,19?,20?,24+,25+,26-,27-,28-/m1/s1.